The highest BCUT2D eigenvalue weighted by Crippen LogP contribution is 2.53. The fourth-order valence-electron chi connectivity index (χ4n) is 2.89. The van der Waals surface area contributed by atoms with Crippen LogP contribution in [0.1, 0.15) is 43.9 Å². The van der Waals surface area contributed by atoms with E-state index in [1.54, 1.807) is 0 Å². The Balaban J connectivity index is 2.23. The van der Waals surface area contributed by atoms with Gasteiger partial charge in [-0.25, -0.2) is 0 Å². The first-order valence-electron chi connectivity index (χ1n) is 6.76. The molecule has 94 valence electrons. The molecule has 0 saturated heterocycles. The van der Waals surface area contributed by atoms with Gasteiger partial charge in [0.25, 0.3) is 0 Å². The van der Waals surface area contributed by atoms with Crippen LogP contribution >= 0.6 is 0 Å². The van der Waals surface area contributed by atoms with Crippen molar-refractivity contribution in [3.63, 3.8) is 0 Å². The first-order valence-corrected chi connectivity index (χ1v) is 6.76. The van der Waals surface area contributed by atoms with E-state index in [2.05, 4.69) is 58.1 Å². The predicted octanol–water partition coefficient (Wildman–Crippen LogP) is 3.58. The zero-order chi connectivity index (χ0) is 12.6. The van der Waals surface area contributed by atoms with Gasteiger partial charge in [-0.2, -0.15) is 0 Å². The highest BCUT2D eigenvalue weighted by atomic mass is 14.9. The van der Waals surface area contributed by atoms with Crippen molar-refractivity contribution in [2.24, 2.45) is 5.92 Å². The highest BCUT2D eigenvalue weighted by molar-refractivity contribution is 5.39. The fourth-order valence-corrected chi connectivity index (χ4v) is 2.89. The van der Waals surface area contributed by atoms with Crippen LogP contribution in [0.5, 0.6) is 0 Å². The van der Waals surface area contributed by atoms with E-state index in [1.807, 2.05) is 0 Å². The molecular weight excluding hydrogens is 206 g/mol. The summed E-state index contributed by atoms with van der Waals surface area (Å²) in [5.74, 6) is 0.815. The molecule has 1 heteroatoms. The van der Waals surface area contributed by atoms with Gasteiger partial charge in [0.2, 0.25) is 0 Å². The molecule has 0 bridgehead atoms. The van der Waals surface area contributed by atoms with E-state index in [0.29, 0.717) is 11.5 Å². The van der Waals surface area contributed by atoms with E-state index in [9.17, 15) is 0 Å². The van der Waals surface area contributed by atoms with Gasteiger partial charge in [0.1, 0.15) is 0 Å². The summed E-state index contributed by atoms with van der Waals surface area (Å²) < 4.78 is 0. The third-order valence-corrected chi connectivity index (χ3v) is 4.08. The van der Waals surface area contributed by atoms with E-state index in [4.69, 9.17) is 0 Å². The van der Waals surface area contributed by atoms with Crippen molar-refractivity contribution in [3.8, 4) is 0 Å². The van der Waals surface area contributed by atoms with Gasteiger partial charge in [-0.1, -0.05) is 50.1 Å². The predicted molar refractivity (Wildman–Crippen MR) is 74.5 cm³/mol. The molecule has 1 N–H and O–H groups in total. The lowest BCUT2D eigenvalue weighted by atomic mass is 9.90. The van der Waals surface area contributed by atoms with Crippen molar-refractivity contribution < 1.29 is 0 Å². The summed E-state index contributed by atoms with van der Waals surface area (Å²) in [6.07, 6.45) is 1.33. The summed E-state index contributed by atoms with van der Waals surface area (Å²) in [5.41, 5.74) is 4.72. The minimum absolute atomic E-state index is 0.404. The largest absolute Gasteiger partial charge is 0.314 e. The minimum Gasteiger partial charge on any atom is -0.314 e. The van der Waals surface area contributed by atoms with Gasteiger partial charge in [-0.15, -0.1) is 0 Å². The van der Waals surface area contributed by atoms with Gasteiger partial charge >= 0.3 is 0 Å². The molecule has 1 saturated carbocycles. The quantitative estimate of drug-likeness (QED) is 0.835. The second-order valence-electron chi connectivity index (χ2n) is 6.17. The summed E-state index contributed by atoms with van der Waals surface area (Å²) in [6.45, 7) is 12.3. The number of hydrogen-bond donors (Lipinski definition) is 1. The molecule has 0 radical (unpaired) electrons. The Bertz CT molecular complexity index is 388. The number of nitrogens with one attached hydrogen (secondary N) is 1. The molecule has 1 aliphatic carbocycles. The molecule has 0 heterocycles. The van der Waals surface area contributed by atoms with Gasteiger partial charge in [0, 0.05) is 18.0 Å². The Morgan fingerprint density at radius 3 is 2.18 bits per heavy atom. The lowest BCUT2D eigenvalue weighted by Crippen LogP contribution is -2.33. The van der Waals surface area contributed by atoms with Crippen LogP contribution in [0.25, 0.3) is 0 Å². The zero-order valence-electron chi connectivity index (χ0n) is 11.8. The van der Waals surface area contributed by atoms with E-state index in [0.717, 1.165) is 12.5 Å². The SMILES string of the molecule is Cc1cc(C)cc(C2(CNC(C)C)CC2C)c1. The normalized spacial score (nSPS) is 27.5. The molecule has 1 nitrogen and oxygen atoms in total. The first kappa shape index (κ1) is 12.6. The summed E-state index contributed by atoms with van der Waals surface area (Å²) in [4.78, 5) is 0. The molecule has 0 aliphatic heterocycles. The lowest BCUT2D eigenvalue weighted by molar-refractivity contribution is 0.499. The van der Waals surface area contributed by atoms with E-state index in [1.165, 1.54) is 23.1 Å². The maximum absolute atomic E-state index is 3.62. The monoisotopic (exact) mass is 231 g/mol. The third kappa shape index (κ3) is 2.55. The average Bonchev–Trinajstić information content (AvgIpc) is 2.86. The van der Waals surface area contributed by atoms with Crippen molar-refractivity contribution >= 4 is 0 Å². The molecule has 0 amide bonds. The Hall–Kier alpha value is -0.820. The van der Waals surface area contributed by atoms with Crippen molar-refractivity contribution in [2.45, 2.75) is 52.5 Å². The summed E-state index contributed by atoms with van der Waals surface area (Å²) in [6, 6.07) is 7.59. The van der Waals surface area contributed by atoms with Crippen LogP contribution in [-0.4, -0.2) is 12.6 Å². The van der Waals surface area contributed by atoms with Crippen LogP contribution in [0.15, 0.2) is 18.2 Å². The Morgan fingerprint density at radius 2 is 1.76 bits per heavy atom. The number of benzene rings is 1. The van der Waals surface area contributed by atoms with Gasteiger partial charge in [-0.05, 0) is 31.7 Å². The first-order chi connectivity index (χ1) is 7.94. The molecule has 17 heavy (non-hydrogen) atoms. The maximum atomic E-state index is 3.62. The summed E-state index contributed by atoms with van der Waals surface area (Å²) in [5, 5.41) is 3.62. The molecule has 1 aliphatic rings. The van der Waals surface area contributed by atoms with Crippen LogP contribution < -0.4 is 5.32 Å². The standard InChI is InChI=1S/C16H25N/c1-11(2)17-10-16(9-14(16)5)15-7-12(3)6-13(4)8-15/h6-8,11,14,17H,9-10H2,1-5H3. The van der Waals surface area contributed by atoms with Gasteiger partial charge in [0.05, 0.1) is 0 Å². The molecule has 0 spiro atoms. The average molecular weight is 231 g/mol. The molecular formula is C16H25N. The number of hydrogen-bond acceptors (Lipinski definition) is 1. The van der Waals surface area contributed by atoms with E-state index < -0.39 is 0 Å². The molecule has 2 unspecified atom stereocenters. The second-order valence-corrected chi connectivity index (χ2v) is 6.17. The summed E-state index contributed by atoms with van der Waals surface area (Å²) in [7, 11) is 0. The second kappa shape index (κ2) is 4.45. The smallest absolute Gasteiger partial charge is 0.0107 e. The van der Waals surface area contributed by atoms with E-state index >= 15 is 0 Å². The highest BCUT2D eigenvalue weighted by Gasteiger charge is 2.51. The molecule has 1 aromatic carbocycles. The van der Waals surface area contributed by atoms with Crippen LogP contribution in [0.3, 0.4) is 0 Å². The zero-order valence-corrected chi connectivity index (χ0v) is 11.8. The Morgan fingerprint density at radius 1 is 1.24 bits per heavy atom. The molecule has 2 rings (SSSR count). The Kier molecular flexibility index (Phi) is 3.31. The topological polar surface area (TPSA) is 12.0 Å². The number of rotatable bonds is 4. The van der Waals surface area contributed by atoms with Crippen molar-refractivity contribution in [2.75, 3.05) is 6.54 Å². The third-order valence-electron chi connectivity index (χ3n) is 4.08. The summed E-state index contributed by atoms with van der Waals surface area (Å²) >= 11 is 0. The maximum Gasteiger partial charge on any atom is 0.0107 e. The molecule has 1 fully saturated rings. The van der Waals surface area contributed by atoms with Gasteiger partial charge in [0.15, 0.2) is 0 Å². The molecule has 2 atom stereocenters. The van der Waals surface area contributed by atoms with Crippen molar-refractivity contribution in [1.82, 2.24) is 5.32 Å². The van der Waals surface area contributed by atoms with Crippen molar-refractivity contribution in [1.29, 1.82) is 0 Å². The number of aryl methyl sites for hydroxylation is 2. The van der Waals surface area contributed by atoms with Crippen LogP contribution in [0.4, 0.5) is 0 Å². The Labute approximate surface area is 106 Å². The molecule has 1 aromatic rings. The molecule has 0 aromatic heterocycles. The fraction of sp³-hybridized carbons (Fsp3) is 0.625. The van der Waals surface area contributed by atoms with Crippen LogP contribution in [0, 0.1) is 19.8 Å². The van der Waals surface area contributed by atoms with Crippen LogP contribution in [0.2, 0.25) is 0 Å². The van der Waals surface area contributed by atoms with E-state index in [-0.39, 0.29) is 0 Å². The van der Waals surface area contributed by atoms with Gasteiger partial charge in [-0.3, -0.25) is 0 Å². The van der Waals surface area contributed by atoms with Gasteiger partial charge < -0.3 is 5.32 Å². The van der Waals surface area contributed by atoms with Crippen molar-refractivity contribution in [3.05, 3.63) is 34.9 Å². The minimum atomic E-state index is 0.404. The van der Waals surface area contributed by atoms with Crippen LogP contribution in [-0.2, 0) is 5.41 Å². The lowest BCUT2D eigenvalue weighted by Gasteiger charge is -2.21.